The van der Waals surface area contributed by atoms with Crippen molar-refractivity contribution >= 4 is 16.5 Å². The molecule has 1 aromatic heterocycles. The van der Waals surface area contributed by atoms with Gasteiger partial charge in [-0.3, -0.25) is 0 Å². The molecule has 0 radical (unpaired) electrons. The summed E-state index contributed by atoms with van der Waals surface area (Å²) in [7, 11) is 0. The van der Waals surface area contributed by atoms with Gasteiger partial charge in [-0.2, -0.15) is 0 Å². The van der Waals surface area contributed by atoms with Crippen molar-refractivity contribution in [3.8, 4) is 0 Å². The average molecular weight is 295 g/mol. The Bertz CT molecular complexity index is 406. The molecule has 2 unspecified atom stereocenters. The maximum Gasteiger partial charge on any atom is 0.185 e. The van der Waals surface area contributed by atoms with E-state index in [4.69, 9.17) is 4.98 Å². The lowest BCUT2D eigenvalue weighted by molar-refractivity contribution is 0.356. The second-order valence-corrected chi connectivity index (χ2v) is 7.31. The molecule has 0 amide bonds. The summed E-state index contributed by atoms with van der Waals surface area (Å²) in [6, 6.07) is 0. The highest BCUT2D eigenvalue weighted by molar-refractivity contribution is 7.15. The van der Waals surface area contributed by atoms with Crippen LogP contribution in [-0.2, 0) is 13.0 Å². The zero-order valence-corrected chi connectivity index (χ0v) is 14.2. The van der Waals surface area contributed by atoms with Crippen molar-refractivity contribution in [1.29, 1.82) is 0 Å². The number of thiazole rings is 1. The first-order valence-corrected chi connectivity index (χ1v) is 8.89. The molecule has 1 N–H and O–H groups in total. The Balaban J connectivity index is 2.14. The van der Waals surface area contributed by atoms with Crippen molar-refractivity contribution in [2.75, 3.05) is 24.5 Å². The monoisotopic (exact) mass is 295 g/mol. The van der Waals surface area contributed by atoms with Crippen molar-refractivity contribution in [2.24, 2.45) is 11.8 Å². The van der Waals surface area contributed by atoms with Crippen LogP contribution in [0.15, 0.2) is 0 Å². The van der Waals surface area contributed by atoms with E-state index >= 15 is 0 Å². The number of aromatic nitrogens is 1. The summed E-state index contributed by atoms with van der Waals surface area (Å²) in [5.41, 5.74) is 1.32. The lowest BCUT2D eigenvalue weighted by Gasteiger charge is -2.34. The number of aryl methyl sites for hydroxylation is 1. The van der Waals surface area contributed by atoms with Gasteiger partial charge in [0.25, 0.3) is 0 Å². The van der Waals surface area contributed by atoms with Gasteiger partial charge in [0.2, 0.25) is 0 Å². The Morgan fingerprint density at radius 2 is 1.95 bits per heavy atom. The second-order valence-electron chi connectivity index (χ2n) is 6.25. The molecule has 1 aliphatic rings. The molecule has 2 atom stereocenters. The molecule has 0 saturated carbocycles. The largest absolute Gasteiger partial charge is 0.348 e. The summed E-state index contributed by atoms with van der Waals surface area (Å²) in [5, 5.41) is 4.70. The lowest BCUT2D eigenvalue weighted by atomic mass is 9.92. The molecule has 114 valence electrons. The van der Waals surface area contributed by atoms with Crippen LogP contribution in [0.2, 0.25) is 0 Å². The van der Waals surface area contributed by atoms with Crippen LogP contribution >= 0.6 is 11.3 Å². The van der Waals surface area contributed by atoms with Gasteiger partial charge >= 0.3 is 0 Å². The SMILES string of the molecule is CCCc1nc(N2CC(C)CC(C)C2)sc1CNCC. The number of nitrogens with one attached hydrogen (secondary N) is 1. The molecule has 2 rings (SSSR count). The number of rotatable bonds is 6. The summed E-state index contributed by atoms with van der Waals surface area (Å²) < 4.78 is 0. The third-order valence-corrected chi connectivity index (χ3v) is 5.09. The van der Waals surface area contributed by atoms with E-state index in [0.29, 0.717) is 0 Å². The van der Waals surface area contributed by atoms with Gasteiger partial charge in [0, 0.05) is 24.5 Å². The van der Waals surface area contributed by atoms with E-state index in [-0.39, 0.29) is 0 Å². The molecule has 0 aromatic carbocycles. The van der Waals surface area contributed by atoms with Crippen molar-refractivity contribution in [1.82, 2.24) is 10.3 Å². The van der Waals surface area contributed by atoms with Gasteiger partial charge in [-0.1, -0.05) is 34.1 Å². The number of nitrogens with zero attached hydrogens (tertiary/aromatic N) is 2. The Labute approximate surface area is 127 Å². The fourth-order valence-corrected chi connectivity index (χ4v) is 4.23. The molecule has 1 fully saturated rings. The van der Waals surface area contributed by atoms with E-state index in [0.717, 1.165) is 31.3 Å². The van der Waals surface area contributed by atoms with E-state index in [9.17, 15) is 0 Å². The van der Waals surface area contributed by atoms with Gasteiger partial charge in [0.15, 0.2) is 5.13 Å². The molecule has 0 aliphatic carbocycles. The standard InChI is InChI=1S/C16H29N3S/c1-5-7-14-15(9-17-6-2)20-16(18-14)19-10-12(3)8-13(4)11-19/h12-13,17H,5-11H2,1-4H3. The first kappa shape index (κ1) is 15.8. The van der Waals surface area contributed by atoms with Gasteiger partial charge in [-0.05, 0) is 31.2 Å². The third-order valence-electron chi connectivity index (χ3n) is 3.93. The maximum absolute atomic E-state index is 4.95. The van der Waals surface area contributed by atoms with Crippen LogP contribution in [0.4, 0.5) is 5.13 Å². The molecule has 1 aromatic rings. The summed E-state index contributed by atoms with van der Waals surface area (Å²) >= 11 is 1.90. The molecule has 20 heavy (non-hydrogen) atoms. The number of piperidine rings is 1. The quantitative estimate of drug-likeness (QED) is 0.867. The van der Waals surface area contributed by atoms with E-state index in [1.165, 1.54) is 41.6 Å². The van der Waals surface area contributed by atoms with Crippen LogP contribution in [0, 0.1) is 11.8 Å². The smallest absolute Gasteiger partial charge is 0.185 e. The molecular weight excluding hydrogens is 266 g/mol. The number of hydrogen-bond acceptors (Lipinski definition) is 4. The first-order valence-electron chi connectivity index (χ1n) is 8.08. The topological polar surface area (TPSA) is 28.2 Å². The van der Waals surface area contributed by atoms with Crippen LogP contribution in [0.3, 0.4) is 0 Å². The molecule has 1 aliphatic heterocycles. The minimum atomic E-state index is 0.787. The van der Waals surface area contributed by atoms with Gasteiger partial charge in [-0.25, -0.2) is 4.98 Å². The highest BCUT2D eigenvalue weighted by Crippen LogP contribution is 2.32. The minimum Gasteiger partial charge on any atom is -0.348 e. The third kappa shape index (κ3) is 3.95. The van der Waals surface area contributed by atoms with Gasteiger partial charge in [0.05, 0.1) is 5.69 Å². The van der Waals surface area contributed by atoms with Crippen LogP contribution in [0.25, 0.3) is 0 Å². The van der Waals surface area contributed by atoms with Crippen LogP contribution in [-0.4, -0.2) is 24.6 Å². The molecule has 4 heteroatoms. The minimum absolute atomic E-state index is 0.787. The molecule has 0 bridgehead atoms. The fourth-order valence-electron chi connectivity index (χ4n) is 3.13. The Morgan fingerprint density at radius 1 is 1.25 bits per heavy atom. The molecule has 0 spiro atoms. The van der Waals surface area contributed by atoms with Crippen LogP contribution in [0.1, 0.15) is 51.1 Å². The van der Waals surface area contributed by atoms with Crippen molar-refractivity contribution in [3.05, 3.63) is 10.6 Å². The Morgan fingerprint density at radius 3 is 2.55 bits per heavy atom. The maximum atomic E-state index is 4.95. The van der Waals surface area contributed by atoms with E-state index in [1.54, 1.807) is 0 Å². The Kier molecular flexibility index (Phi) is 5.85. The molecule has 2 heterocycles. The second kappa shape index (κ2) is 7.41. The fraction of sp³-hybridized carbons (Fsp3) is 0.812. The molecule has 1 saturated heterocycles. The Hall–Kier alpha value is -0.610. The van der Waals surface area contributed by atoms with Crippen LogP contribution < -0.4 is 10.2 Å². The van der Waals surface area contributed by atoms with Crippen molar-refractivity contribution in [3.63, 3.8) is 0 Å². The highest BCUT2D eigenvalue weighted by atomic mass is 32.1. The zero-order valence-electron chi connectivity index (χ0n) is 13.4. The summed E-state index contributed by atoms with van der Waals surface area (Å²) in [6.45, 7) is 13.5. The van der Waals surface area contributed by atoms with Crippen molar-refractivity contribution in [2.45, 2.75) is 53.5 Å². The van der Waals surface area contributed by atoms with E-state index in [2.05, 4.69) is 37.9 Å². The summed E-state index contributed by atoms with van der Waals surface area (Å²) in [5.74, 6) is 1.57. The average Bonchev–Trinajstić information content (AvgIpc) is 2.79. The number of hydrogen-bond donors (Lipinski definition) is 1. The zero-order chi connectivity index (χ0) is 14.5. The molecule has 3 nitrogen and oxygen atoms in total. The summed E-state index contributed by atoms with van der Waals surface area (Å²) in [4.78, 5) is 8.90. The number of anilines is 1. The highest BCUT2D eigenvalue weighted by Gasteiger charge is 2.24. The predicted molar refractivity (Wildman–Crippen MR) is 88.6 cm³/mol. The lowest BCUT2D eigenvalue weighted by Crippen LogP contribution is -2.38. The van der Waals surface area contributed by atoms with Gasteiger partial charge < -0.3 is 10.2 Å². The van der Waals surface area contributed by atoms with E-state index < -0.39 is 0 Å². The first-order chi connectivity index (χ1) is 9.63. The summed E-state index contributed by atoms with van der Waals surface area (Å²) in [6.07, 6.45) is 3.64. The van der Waals surface area contributed by atoms with E-state index in [1.807, 2.05) is 11.3 Å². The molecular formula is C16H29N3S. The predicted octanol–water partition coefficient (Wildman–Crippen LogP) is 3.69. The van der Waals surface area contributed by atoms with Gasteiger partial charge in [-0.15, -0.1) is 11.3 Å². The van der Waals surface area contributed by atoms with Gasteiger partial charge in [0.1, 0.15) is 0 Å². The normalized spacial score (nSPS) is 23.3. The van der Waals surface area contributed by atoms with Crippen molar-refractivity contribution < 1.29 is 0 Å². The van der Waals surface area contributed by atoms with Crippen LogP contribution in [0.5, 0.6) is 0 Å².